The molecule has 1 rings (SSSR count). The first kappa shape index (κ1) is 13.5. The highest BCUT2D eigenvalue weighted by Gasteiger charge is 2.17. The molecule has 92 valence electrons. The smallest absolute Gasteiger partial charge is 0.259 e. The molecule has 7 heteroatoms. The van der Waals surface area contributed by atoms with Gasteiger partial charge in [0.25, 0.3) is 10.0 Å². The van der Waals surface area contributed by atoms with Crippen molar-refractivity contribution in [1.82, 2.24) is 14.3 Å². The van der Waals surface area contributed by atoms with Gasteiger partial charge in [-0.15, -0.1) is 11.6 Å². The fraction of sp³-hybridized carbons (Fsp3) is 0.667. The van der Waals surface area contributed by atoms with Crippen molar-refractivity contribution in [1.29, 1.82) is 0 Å². The molecule has 0 aliphatic heterocycles. The second-order valence-electron chi connectivity index (χ2n) is 3.41. The van der Waals surface area contributed by atoms with E-state index in [1.807, 2.05) is 11.5 Å². The van der Waals surface area contributed by atoms with E-state index < -0.39 is 10.0 Å². The summed E-state index contributed by atoms with van der Waals surface area (Å²) in [7, 11) is -3.51. The molecule has 0 amide bonds. The molecule has 0 fully saturated rings. The number of imidazole rings is 1. The average Bonchev–Trinajstić information content (AvgIpc) is 2.59. The molecule has 0 saturated carbocycles. The third kappa shape index (κ3) is 3.20. The van der Waals surface area contributed by atoms with Crippen LogP contribution < -0.4 is 4.72 Å². The molecule has 1 N–H and O–H groups in total. The SMILES string of the molecule is CCCn1cc(S(=O)(=O)NCCCl)nc1C. The largest absolute Gasteiger partial charge is 0.334 e. The van der Waals surface area contributed by atoms with Crippen LogP contribution in [0.5, 0.6) is 0 Å². The van der Waals surface area contributed by atoms with E-state index in [-0.39, 0.29) is 17.5 Å². The van der Waals surface area contributed by atoms with Crippen LogP contribution in [0.4, 0.5) is 0 Å². The van der Waals surface area contributed by atoms with Crippen molar-refractivity contribution >= 4 is 21.6 Å². The highest BCUT2D eigenvalue weighted by Crippen LogP contribution is 2.09. The maximum absolute atomic E-state index is 11.7. The Balaban J connectivity index is 2.91. The Hall–Kier alpha value is -0.590. The van der Waals surface area contributed by atoms with E-state index >= 15 is 0 Å². The molecule has 0 radical (unpaired) electrons. The molecule has 1 aromatic heterocycles. The first-order valence-electron chi connectivity index (χ1n) is 5.10. The van der Waals surface area contributed by atoms with Gasteiger partial charge in [-0.2, -0.15) is 0 Å². The minimum absolute atomic E-state index is 0.0589. The van der Waals surface area contributed by atoms with Gasteiger partial charge in [0.05, 0.1) is 0 Å². The molecule has 0 spiro atoms. The Kier molecular flexibility index (Phi) is 4.76. The van der Waals surface area contributed by atoms with Crippen molar-refractivity contribution in [2.24, 2.45) is 0 Å². The van der Waals surface area contributed by atoms with Crippen LogP contribution in [0.3, 0.4) is 0 Å². The van der Waals surface area contributed by atoms with Crippen LogP contribution in [0, 0.1) is 6.92 Å². The molecule has 0 bridgehead atoms. The Labute approximate surface area is 101 Å². The summed E-state index contributed by atoms with van der Waals surface area (Å²) in [6.45, 7) is 4.79. The van der Waals surface area contributed by atoms with Crippen LogP contribution in [0.25, 0.3) is 0 Å². The lowest BCUT2D eigenvalue weighted by atomic mass is 10.5. The van der Waals surface area contributed by atoms with Gasteiger partial charge in [0, 0.05) is 25.2 Å². The number of aryl methyl sites for hydroxylation is 2. The van der Waals surface area contributed by atoms with E-state index in [1.54, 1.807) is 13.1 Å². The molecule has 0 atom stereocenters. The zero-order valence-corrected chi connectivity index (χ0v) is 11.0. The number of rotatable bonds is 6. The van der Waals surface area contributed by atoms with E-state index in [0.717, 1.165) is 13.0 Å². The molecule has 1 aromatic rings. The van der Waals surface area contributed by atoms with Gasteiger partial charge in [-0.3, -0.25) is 0 Å². The van der Waals surface area contributed by atoms with Crippen LogP contribution in [0.1, 0.15) is 19.2 Å². The van der Waals surface area contributed by atoms with Gasteiger partial charge < -0.3 is 4.57 Å². The van der Waals surface area contributed by atoms with Gasteiger partial charge in [0.1, 0.15) is 5.82 Å². The van der Waals surface area contributed by atoms with Gasteiger partial charge in [0.15, 0.2) is 5.03 Å². The van der Waals surface area contributed by atoms with Crippen molar-refractivity contribution in [2.45, 2.75) is 31.8 Å². The van der Waals surface area contributed by atoms with Gasteiger partial charge in [-0.25, -0.2) is 18.1 Å². The molecular formula is C9H16ClN3O2S. The molecule has 0 saturated heterocycles. The summed E-state index contributed by atoms with van der Waals surface area (Å²) in [5.41, 5.74) is 0. The van der Waals surface area contributed by atoms with Crippen molar-refractivity contribution in [3.05, 3.63) is 12.0 Å². The molecule has 16 heavy (non-hydrogen) atoms. The number of alkyl halides is 1. The van der Waals surface area contributed by atoms with Crippen LogP contribution in [-0.4, -0.2) is 30.4 Å². The zero-order chi connectivity index (χ0) is 12.2. The third-order valence-electron chi connectivity index (χ3n) is 2.08. The molecule has 5 nitrogen and oxygen atoms in total. The Morgan fingerprint density at radius 3 is 2.81 bits per heavy atom. The predicted octanol–water partition coefficient (Wildman–Crippen LogP) is 1.12. The van der Waals surface area contributed by atoms with E-state index in [4.69, 9.17) is 11.6 Å². The quantitative estimate of drug-likeness (QED) is 0.784. The number of aromatic nitrogens is 2. The normalized spacial score (nSPS) is 11.9. The summed E-state index contributed by atoms with van der Waals surface area (Å²) in [6.07, 6.45) is 2.49. The lowest BCUT2D eigenvalue weighted by Crippen LogP contribution is -2.25. The second kappa shape index (κ2) is 5.65. The van der Waals surface area contributed by atoms with Gasteiger partial charge in [-0.1, -0.05) is 6.92 Å². The number of nitrogens with one attached hydrogen (secondary N) is 1. The van der Waals surface area contributed by atoms with Crippen molar-refractivity contribution in [3.8, 4) is 0 Å². The van der Waals surface area contributed by atoms with Crippen LogP contribution in [0.15, 0.2) is 11.2 Å². The van der Waals surface area contributed by atoms with E-state index in [2.05, 4.69) is 9.71 Å². The molecule has 0 aliphatic carbocycles. The first-order valence-corrected chi connectivity index (χ1v) is 7.12. The molecule has 1 heterocycles. The van der Waals surface area contributed by atoms with Crippen molar-refractivity contribution in [2.75, 3.05) is 12.4 Å². The maximum atomic E-state index is 11.7. The van der Waals surface area contributed by atoms with E-state index in [9.17, 15) is 8.42 Å². The molecule has 0 unspecified atom stereocenters. The molecule has 0 aliphatic rings. The van der Waals surface area contributed by atoms with Gasteiger partial charge >= 0.3 is 0 Å². The average molecular weight is 266 g/mol. The van der Waals surface area contributed by atoms with Crippen molar-refractivity contribution in [3.63, 3.8) is 0 Å². The summed E-state index contributed by atoms with van der Waals surface area (Å²) in [6, 6.07) is 0. The Bertz CT molecular complexity index is 442. The van der Waals surface area contributed by atoms with Crippen LogP contribution in [0.2, 0.25) is 0 Å². The topological polar surface area (TPSA) is 64.0 Å². The lowest BCUT2D eigenvalue weighted by molar-refractivity contribution is 0.580. The minimum atomic E-state index is -3.51. The monoisotopic (exact) mass is 265 g/mol. The standard InChI is InChI=1S/C9H16ClN3O2S/c1-3-6-13-7-9(12-8(13)2)16(14,15)11-5-4-10/h7,11H,3-6H2,1-2H3. The Morgan fingerprint density at radius 1 is 1.56 bits per heavy atom. The first-order chi connectivity index (χ1) is 7.51. The number of nitrogens with zero attached hydrogens (tertiary/aromatic N) is 2. The number of sulfonamides is 1. The number of hydrogen-bond donors (Lipinski definition) is 1. The van der Waals surface area contributed by atoms with E-state index in [1.165, 1.54) is 0 Å². The highest BCUT2D eigenvalue weighted by atomic mass is 35.5. The summed E-state index contributed by atoms with van der Waals surface area (Å²) < 4.78 is 27.6. The second-order valence-corrected chi connectivity index (χ2v) is 5.50. The van der Waals surface area contributed by atoms with Crippen molar-refractivity contribution < 1.29 is 8.42 Å². The maximum Gasteiger partial charge on any atom is 0.259 e. The van der Waals surface area contributed by atoms with Crippen LogP contribution in [-0.2, 0) is 16.6 Å². The van der Waals surface area contributed by atoms with Crippen LogP contribution >= 0.6 is 11.6 Å². The summed E-state index contributed by atoms with van der Waals surface area (Å²) >= 11 is 5.43. The fourth-order valence-electron chi connectivity index (χ4n) is 1.32. The summed E-state index contributed by atoms with van der Waals surface area (Å²) in [4.78, 5) is 4.02. The summed E-state index contributed by atoms with van der Waals surface area (Å²) in [5, 5.41) is 0.0589. The van der Waals surface area contributed by atoms with E-state index in [0.29, 0.717) is 5.82 Å². The predicted molar refractivity (Wildman–Crippen MR) is 63.2 cm³/mol. The molecule has 0 aromatic carbocycles. The number of hydrogen-bond acceptors (Lipinski definition) is 3. The fourth-order valence-corrected chi connectivity index (χ4v) is 2.57. The van der Waals surface area contributed by atoms with Gasteiger partial charge in [0.2, 0.25) is 0 Å². The third-order valence-corrected chi connectivity index (χ3v) is 3.60. The minimum Gasteiger partial charge on any atom is -0.334 e. The molecular weight excluding hydrogens is 250 g/mol. The Morgan fingerprint density at radius 2 is 2.25 bits per heavy atom. The highest BCUT2D eigenvalue weighted by molar-refractivity contribution is 7.89. The number of halogens is 1. The zero-order valence-electron chi connectivity index (χ0n) is 9.40. The summed E-state index contributed by atoms with van der Waals surface area (Å²) in [5.74, 6) is 0.946. The lowest BCUT2D eigenvalue weighted by Gasteiger charge is -2.01. The van der Waals surface area contributed by atoms with Gasteiger partial charge in [-0.05, 0) is 13.3 Å².